The van der Waals surface area contributed by atoms with Gasteiger partial charge in [-0.1, -0.05) is 44.2 Å². The van der Waals surface area contributed by atoms with E-state index in [1.807, 2.05) is 0 Å². The molecule has 0 aromatic heterocycles. The van der Waals surface area contributed by atoms with E-state index >= 15 is 0 Å². The van der Waals surface area contributed by atoms with E-state index in [9.17, 15) is 0 Å². The lowest BCUT2D eigenvalue weighted by Crippen LogP contribution is -2.24. The molecule has 3 unspecified atom stereocenters. The molecule has 0 aliphatic heterocycles. The third-order valence-corrected chi connectivity index (χ3v) is 5.75. The molecule has 0 saturated heterocycles. The van der Waals surface area contributed by atoms with E-state index in [1.165, 1.54) is 24.0 Å². The number of benzene rings is 2. The van der Waals surface area contributed by atoms with Gasteiger partial charge in [-0.15, -0.1) is 0 Å². The summed E-state index contributed by atoms with van der Waals surface area (Å²) in [5.74, 6) is 1.29. The van der Waals surface area contributed by atoms with Crippen molar-refractivity contribution >= 4 is 5.69 Å². The van der Waals surface area contributed by atoms with E-state index in [1.54, 1.807) is 11.1 Å². The van der Waals surface area contributed by atoms with Crippen LogP contribution in [0.5, 0.6) is 0 Å². The molecular weight excluding hydrogens is 254 g/mol. The first kappa shape index (κ1) is 12.9. The maximum Gasteiger partial charge on any atom is 0.0316 e. The second-order valence-corrected chi connectivity index (χ2v) is 7.35. The number of rotatable bonds is 0. The maximum atomic E-state index is 6.04. The molecule has 3 atom stereocenters. The van der Waals surface area contributed by atoms with Gasteiger partial charge in [0.25, 0.3) is 0 Å². The summed E-state index contributed by atoms with van der Waals surface area (Å²) in [6.45, 7) is 4.85. The first-order chi connectivity index (χ1) is 10.1. The monoisotopic (exact) mass is 277 g/mol. The molecule has 2 aliphatic rings. The Bertz CT molecular complexity index is 703. The maximum absolute atomic E-state index is 6.04. The van der Waals surface area contributed by atoms with Gasteiger partial charge in [-0.25, -0.2) is 0 Å². The van der Waals surface area contributed by atoms with Gasteiger partial charge in [-0.2, -0.15) is 0 Å². The summed E-state index contributed by atoms with van der Waals surface area (Å²) in [4.78, 5) is 0. The summed E-state index contributed by atoms with van der Waals surface area (Å²) in [6.07, 6.45) is 3.61. The summed E-state index contributed by atoms with van der Waals surface area (Å²) in [6, 6.07) is 15.6. The SMILES string of the molecule is CC1CC2c3ccccc3CC2(C)Cc2cc(N)ccc21. The summed E-state index contributed by atoms with van der Waals surface area (Å²) in [5, 5.41) is 0. The van der Waals surface area contributed by atoms with Gasteiger partial charge >= 0.3 is 0 Å². The van der Waals surface area contributed by atoms with Crippen molar-refractivity contribution in [2.75, 3.05) is 5.73 Å². The third-order valence-electron chi connectivity index (χ3n) is 5.75. The smallest absolute Gasteiger partial charge is 0.0316 e. The quantitative estimate of drug-likeness (QED) is 0.696. The van der Waals surface area contributed by atoms with Crippen LogP contribution in [0.2, 0.25) is 0 Å². The van der Waals surface area contributed by atoms with Crippen molar-refractivity contribution in [2.45, 2.75) is 44.9 Å². The van der Waals surface area contributed by atoms with Gasteiger partial charge in [-0.3, -0.25) is 0 Å². The molecule has 0 saturated carbocycles. The lowest BCUT2D eigenvalue weighted by atomic mass is 9.73. The Labute approximate surface area is 127 Å². The Kier molecular flexibility index (Phi) is 2.69. The van der Waals surface area contributed by atoms with Crippen molar-refractivity contribution in [1.82, 2.24) is 0 Å². The van der Waals surface area contributed by atoms with Crippen molar-refractivity contribution in [2.24, 2.45) is 5.41 Å². The molecular formula is C20H23N. The molecule has 2 N–H and O–H groups in total. The number of nitrogens with two attached hydrogens (primary N) is 1. The predicted molar refractivity (Wildman–Crippen MR) is 88.6 cm³/mol. The fraction of sp³-hybridized carbons (Fsp3) is 0.400. The molecule has 0 heterocycles. The summed E-state index contributed by atoms with van der Waals surface area (Å²) < 4.78 is 0. The zero-order valence-corrected chi connectivity index (χ0v) is 12.9. The van der Waals surface area contributed by atoms with Gasteiger partial charge in [0.1, 0.15) is 0 Å². The lowest BCUT2D eigenvalue weighted by molar-refractivity contribution is 0.265. The van der Waals surface area contributed by atoms with Gasteiger partial charge in [-0.05, 0) is 70.9 Å². The predicted octanol–water partition coefficient (Wildman–Crippen LogP) is 4.66. The largest absolute Gasteiger partial charge is 0.399 e. The van der Waals surface area contributed by atoms with Crippen molar-refractivity contribution < 1.29 is 0 Å². The number of fused-ring (bicyclic) bond motifs is 4. The molecule has 1 heteroatoms. The Hall–Kier alpha value is -1.76. The normalized spacial score (nSPS) is 30.2. The zero-order valence-electron chi connectivity index (χ0n) is 12.9. The first-order valence-corrected chi connectivity index (χ1v) is 8.03. The molecule has 0 amide bonds. The minimum absolute atomic E-state index is 0.344. The van der Waals surface area contributed by atoms with Crippen LogP contribution in [0.15, 0.2) is 42.5 Å². The topological polar surface area (TPSA) is 26.0 Å². The molecule has 2 aromatic carbocycles. The minimum Gasteiger partial charge on any atom is -0.399 e. The number of hydrogen-bond donors (Lipinski definition) is 1. The Morgan fingerprint density at radius 1 is 1.00 bits per heavy atom. The standard InChI is InChI=1S/C20H23N/c1-13-9-19-18-6-4-3-5-14(18)11-20(19,2)12-15-10-16(21)7-8-17(13)15/h3-8,10,13,19H,9,11-12,21H2,1-2H3. The van der Waals surface area contributed by atoms with Crippen LogP contribution in [0, 0.1) is 5.41 Å². The van der Waals surface area contributed by atoms with Crippen molar-refractivity contribution in [3.63, 3.8) is 0 Å². The first-order valence-electron chi connectivity index (χ1n) is 8.03. The van der Waals surface area contributed by atoms with Crippen molar-refractivity contribution in [1.29, 1.82) is 0 Å². The molecule has 0 spiro atoms. The second-order valence-electron chi connectivity index (χ2n) is 7.35. The van der Waals surface area contributed by atoms with Gasteiger partial charge in [0.05, 0.1) is 0 Å². The molecule has 2 aromatic rings. The molecule has 21 heavy (non-hydrogen) atoms. The molecule has 1 nitrogen and oxygen atoms in total. The van der Waals surface area contributed by atoms with E-state index in [0.717, 1.165) is 12.1 Å². The van der Waals surface area contributed by atoms with E-state index in [2.05, 4.69) is 56.3 Å². The van der Waals surface area contributed by atoms with Crippen LogP contribution >= 0.6 is 0 Å². The molecule has 2 aliphatic carbocycles. The van der Waals surface area contributed by atoms with Gasteiger partial charge in [0.2, 0.25) is 0 Å². The summed E-state index contributed by atoms with van der Waals surface area (Å²) in [7, 11) is 0. The molecule has 108 valence electrons. The highest BCUT2D eigenvalue weighted by Crippen LogP contribution is 2.55. The lowest BCUT2D eigenvalue weighted by Gasteiger charge is -2.31. The Morgan fingerprint density at radius 3 is 2.62 bits per heavy atom. The van der Waals surface area contributed by atoms with E-state index in [4.69, 9.17) is 5.73 Å². The zero-order chi connectivity index (χ0) is 14.6. The van der Waals surface area contributed by atoms with Crippen LogP contribution in [0.1, 0.15) is 54.4 Å². The third kappa shape index (κ3) is 1.91. The van der Waals surface area contributed by atoms with Gasteiger partial charge < -0.3 is 5.73 Å². The second kappa shape index (κ2) is 4.37. The van der Waals surface area contributed by atoms with E-state index < -0.39 is 0 Å². The summed E-state index contributed by atoms with van der Waals surface area (Å²) in [5.41, 5.74) is 13.4. The molecule has 4 rings (SSSR count). The van der Waals surface area contributed by atoms with Crippen LogP contribution in [-0.4, -0.2) is 0 Å². The highest BCUT2D eigenvalue weighted by atomic mass is 14.6. The Balaban J connectivity index is 1.84. The fourth-order valence-corrected chi connectivity index (χ4v) is 4.74. The average molecular weight is 277 g/mol. The van der Waals surface area contributed by atoms with Crippen molar-refractivity contribution in [3.8, 4) is 0 Å². The van der Waals surface area contributed by atoms with Gasteiger partial charge in [0, 0.05) is 5.69 Å². The van der Waals surface area contributed by atoms with Crippen LogP contribution < -0.4 is 5.73 Å². The van der Waals surface area contributed by atoms with Crippen LogP contribution in [0.4, 0.5) is 5.69 Å². The number of nitrogen functional groups attached to an aromatic ring is 1. The van der Waals surface area contributed by atoms with Crippen molar-refractivity contribution in [3.05, 3.63) is 64.7 Å². The highest BCUT2D eigenvalue weighted by Gasteiger charge is 2.44. The minimum atomic E-state index is 0.344. The average Bonchev–Trinajstić information content (AvgIpc) is 2.65. The molecule has 0 bridgehead atoms. The molecule has 0 radical (unpaired) electrons. The molecule has 0 fully saturated rings. The van der Waals surface area contributed by atoms with E-state index in [0.29, 0.717) is 17.3 Å². The van der Waals surface area contributed by atoms with Gasteiger partial charge in [0.15, 0.2) is 0 Å². The highest BCUT2D eigenvalue weighted by molar-refractivity contribution is 5.49. The van der Waals surface area contributed by atoms with E-state index in [-0.39, 0.29) is 0 Å². The Morgan fingerprint density at radius 2 is 1.76 bits per heavy atom. The van der Waals surface area contributed by atoms with Crippen LogP contribution in [0.25, 0.3) is 0 Å². The fourth-order valence-electron chi connectivity index (χ4n) is 4.74. The number of hydrogen-bond acceptors (Lipinski definition) is 1. The summed E-state index contributed by atoms with van der Waals surface area (Å²) >= 11 is 0. The van der Waals surface area contributed by atoms with Crippen LogP contribution in [0.3, 0.4) is 0 Å². The van der Waals surface area contributed by atoms with Crippen LogP contribution in [-0.2, 0) is 12.8 Å². The number of anilines is 1.